The fourth-order valence-corrected chi connectivity index (χ4v) is 7.49. The van der Waals surface area contributed by atoms with Gasteiger partial charge in [0.05, 0.1) is 37.3 Å². The van der Waals surface area contributed by atoms with E-state index < -0.39 is 41.0 Å². The summed E-state index contributed by atoms with van der Waals surface area (Å²) in [5, 5.41) is 19.8. The van der Waals surface area contributed by atoms with E-state index in [1.165, 1.54) is 24.2 Å². The lowest BCUT2D eigenvalue weighted by atomic mass is 9.76. The second kappa shape index (κ2) is 11.0. The fraction of sp³-hybridized carbons (Fsp3) is 0.786. The van der Waals surface area contributed by atoms with Crippen LogP contribution in [0, 0.1) is 24.4 Å². The highest BCUT2D eigenvalue weighted by Gasteiger charge is 2.72. The van der Waals surface area contributed by atoms with Gasteiger partial charge >= 0.3 is 11.9 Å². The van der Waals surface area contributed by atoms with Crippen molar-refractivity contribution in [2.75, 3.05) is 26.3 Å². The maximum atomic E-state index is 13.0. The van der Waals surface area contributed by atoms with Crippen molar-refractivity contribution in [3.05, 3.63) is 0 Å². The highest BCUT2D eigenvalue weighted by atomic mass is 16.5. The second-order valence-corrected chi connectivity index (χ2v) is 11.6. The molecular weight excluding hydrogens is 508 g/mol. The van der Waals surface area contributed by atoms with Crippen molar-refractivity contribution >= 4 is 23.8 Å². The van der Waals surface area contributed by atoms with Crippen LogP contribution in [0.25, 0.3) is 0 Å². The Balaban J connectivity index is 1.13. The zero-order chi connectivity index (χ0) is 27.8. The summed E-state index contributed by atoms with van der Waals surface area (Å²) >= 11 is 0. The van der Waals surface area contributed by atoms with E-state index in [9.17, 15) is 29.4 Å². The molecule has 5 rings (SSSR count). The lowest BCUT2D eigenvalue weighted by Gasteiger charge is -2.33. The minimum Gasteiger partial charge on any atom is -0.481 e. The van der Waals surface area contributed by atoms with E-state index in [1.54, 1.807) is 4.90 Å². The number of carboxylic acids is 2. The average Bonchev–Trinajstić information content (AvgIpc) is 3.70. The molecule has 6 unspecified atom stereocenters. The summed E-state index contributed by atoms with van der Waals surface area (Å²) in [7, 11) is 0. The molecule has 2 amide bonds. The van der Waals surface area contributed by atoms with Crippen molar-refractivity contribution in [3.8, 4) is 12.5 Å². The van der Waals surface area contributed by atoms with Crippen LogP contribution in [0.1, 0.15) is 70.6 Å². The van der Waals surface area contributed by atoms with E-state index in [0.717, 1.165) is 12.8 Å². The summed E-state index contributed by atoms with van der Waals surface area (Å²) in [6.07, 6.45) is 14.8. The third-order valence-electron chi connectivity index (χ3n) is 9.66. The summed E-state index contributed by atoms with van der Waals surface area (Å²) < 4.78 is 17.0. The van der Waals surface area contributed by atoms with E-state index in [4.69, 9.17) is 20.6 Å². The summed E-state index contributed by atoms with van der Waals surface area (Å²) in [5.74, 6) is -4.43. The molecule has 39 heavy (non-hydrogen) atoms. The first-order valence-electron chi connectivity index (χ1n) is 14.2. The van der Waals surface area contributed by atoms with Crippen molar-refractivity contribution in [3.63, 3.8) is 0 Å². The Morgan fingerprint density at radius 1 is 0.795 bits per heavy atom. The van der Waals surface area contributed by atoms with Crippen LogP contribution in [0.3, 0.4) is 0 Å². The number of aliphatic carboxylic acids is 2. The molecule has 3 saturated carbocycles. The highest BCUT2D eigenvalue weighted by Crippen LogP contribution is 2.53. The Labute approximate surface area is 228 Å². The monoisotopic (exact) mass is 546 g/mol. The number of terminal acetylenes is 1. The summed E-state index contributed by atoms with van der Waals surface area (Å²) in [6.45, 7) is 1.22. The molecule has 0 aromatic rings. The predicted molar refractivity (Wildman–Crippen MR) is 135 cm³/mol. The van der Waals surface area contributed by atoms with Crippen LogP contribution in [0.15, 0.2) is 0 Å². The lowest BCUT2D eigenvalue weighted by molar-refractivity contribution is -0.149. The van der Waals surface area contributed by atoms with Crippen LogP contribution in [0.5, 0.6) is 0 Å². The Kier molecular flexibility index (Phi) is 7.80. The first-order chi connectivity index (χ1) is 18.8. The Bertz CT molecular complexity index is 1040. The summed E-state index contributed by atoms with van der Waals surface area (Å²) in [4.78, 5) is 53.1. The number of carbonyl (C=O) groups is 4. The van der Waals surface area contributed by atoms with Gasteiger partial charge in [0.25, 0.3) is 0 Å². The Morgan fingerprint density at radius 2 is 1.28 bits per heavy atom. The fourth-order valence-electron chi connectivity index (χ4n) is 7.49. The quantitative estimate of drug-likeness (QED) is 0.225. The molecule has 0 bridgehead atoms. The van der Waals surface area contributed by atoms with Crippen LogP contribution >= 0.6 is 0 Å². The minimum atomic E-state index is -1.11. The zero-order valence-electron chi connectivity index (χ0n) is 22.2. The standard InChI is InChI=1S/C28H38N2O9/c1-2-37-19-8-10-27(21(16-19)23(31)32)25(35)29(27)12-13-30-26(36)28(30)11-9-20(17-22(28)24(33)34)39-15-14-38-18-6-4-3-5-7-18/h1,18-22H,3-17H2,(H,31,32)(H,33,34). The molecule has 2 heterocycles. The van der Waals surface area contributed by atoms with Gasteiger partial charge in [-0.2, -0.15) is 0 Å². The van der Waals surface area contributed by atoms with E-state index in [1.807, 2.05) is 0 Å². The second-order valence-electron chi connectivity index (χ2n) is 11.6. The minimum absolute atomic E-state index is 0.141. The normalized spacial score (nSPS) is 36.2. The van der Waals surface area contributed by atoms with Gasteiger partial charge in [0, 0.05) is 19.5 Å². The van der Waals surface area contributed by atoms with Crippen LogP contribution in [-0.4, -0.2) is 99.5 Å². The number of rotatable bonds is 11. The first kappa shape index (κ1) is 27.7. The molecule has 2 saturated heterocycles. The van der Waals surface area contributed by atoms with E-state index in [-0.39, 0.29) is 50.0 Å². The van der Waals surface area contributed by atoms with Crippen molar-refractivity contribution < 1.29 is 43.6 Å². The zero-order valence-corrected chi connectivity index (χ0v) is 22.2. The molecule has 11 heteroatoms. The number of carboxylic acid groups (broad SMARTS) is 2. The molecule has 0 aromatic carbocycles. The van der Waals surface area contributed by atoms with E-state index in [2.05, 4.69) is 6.11 Å². The SMILES string of the molecule is C#COC1CCC2(C(=O)N2CCN2C(=O)C23CCC(OCCOC2CCCCC2)CC3C(=O)O)C(C(=O)O)C1. The van der Waals surface area contributed by atoms with Crippen molar-refractivity contribution in [2.45, 2.75) is 100 Å². The number of amides is 2. The molecule has 3 aliphatic carbocycles. The molecule has 11 nitrogen and oxygen atoms in total. The lowest BCUT2D eigenvalue weighted by Crippen LogP contribution is -2.45. The maximum absolute atomic E-state index is 13.0. The number of ether oxygens (including phenoxy) is 3. The van der Waals surface area contributed by atoms with Gasteiger partial charge in [-0.3, -0.25) is 19.2 Å². The molecule has 2 N–H and O–H groups in total. The van der Waals surface area contributed by atoms with Gasteiger partial charge in [-0.15, -0.1) is 0 Å². The van der Waals surface area contributed by atoms with Gasteiger partial charge in [-0.05, 0) is 44.9 Å². The van der Waals surface area contributed by atoms with Gasteiger partial charge < -0.3 is 34.2 Å². The highest BCUT2D eigenvalue weighted by molar-refractivity contribution is 6.07. The van der Waals surface area contributed by atoms with Gasteiger partial charge in [-0.1, -0.05) is 25.7 Å². The molecule has 2 aliphatic heterocycles. The number of nitrogens with zero attached hydrogens (tertiary/aromatic N) is 2. The molecule has 214 valence electrons. The molecule has 2 spiro atoms. The van der Waals surface area contributed by atoms with Crippen LogP contribution < -0.4 is 0 Å². The number of carbonyl (C=O) groups excluding carboxylic acids is 2. The number of hydrogen-bond acceptors (Lipinski definition) is 7. The predicted octanol–water partition coefficient (Wildman–Crippen LogP) is 1.63. The van der Waals surface area contributed by atoms with Gasteiger partial charge in [0.1, 0.15) is 23.3 Å². The van der Waals surface area contributed by atoms with E-state index in [0.29, 0.717) is 38.9 Å². The van der Waals surface area contributed by atoms with Crippen LogP contribution in [0.4, 0.5) is 0 Å². The average molecular weight is 547 g/mol. The third-order valence-corrected chi connectivity index (χ3v) is 9.66. The smallest absolute Gasteiger partial charge is 0.309 e. The molecule has 6 atom stereocenters. The molecule has 5 fully saturated rings. The summed E-state index contributed by atoms with van der Waals surface area (Å²) in [6, 6.07) is 0. The number of hydrogen-bond donors (Lipinski definition) is 2. The van der Waals surface area contributed by atoms with Gasteiger partial charge in [0.15, 0.2) is 0 Å². The molecule has 0 radical (unpaired) electrons. The molecule has 0 aromatic heterocycles. The van der Waals surface area contributed by atoms with Crippen molar-refractivity contribution in [2.24, 2.45) is 11.8 Å². The maximum Gasteiger partial charge on any atom is 0.309 e. The van der Waals surface area contributed by atoms with Crippen molar-refractivity contribution in [1.82, 2.24) is 9.80 Å². The van der Waals surface area contributed by atoms with Gasteiger partial charge in [-0.25, -0.2) is 0 Å². The topological polar surface area (TPSA) is 142 Å². The Hall–Kier alpha value is -2.84. The Morgan fingerprint density at radius 3 is 1.79 bits per heavy atom. The molecular formula is C28H38N2O9. The van der Waals surface area contributed by atoms with Gasteiger partial charge in [0.2, 0.25) is 11.8 Å². The van der Waals surface area contributed by atoms with E-state index >= 15 is 0 Å². The molecule has 5 aliphatic rings. The largest absolute Gasteiger partial charge is 0.481 e. The summed E-state index contributed by atoms with van der Waals surface area (Å²) in [5.41, 5.74) is -2.19. The third kappa shape index (κ3) is 4.97. The van der Waals surface area contributed by atoms with Crippen molar-refractivity contribution in [1.29, 1.82) is 0 Å². The van der Waals surface area contributed by atoms with Crippen LogP contribution in [-0.2, 0) is 33.4 Å². The van der Waals surface area contributed by atoms with Crippen LogP contribution in [0.2, 0.25) is 0 Å². The first-order valence-corrected chi connectivity index (χ1v) is 14.2.